The number of carbonyl (C=O) groups is 1. The van der Waals surface area contributed by atoms with E-state index in [1.165, 1.54) is 19.3 Å². The number of ether oxygens (including phenoxy) is 1. The molecule has 2 rings (SSSR count). The Morgan fingerprint density at radius 1 is 1.43 bits per heavy atom. The predicted octanol–water partition coefficient (Wildman–Crippen LogP) is 2.34. The molecule has 0 saturated heterocycles. The van der Waals surface area contributed by atoms with Gasteiger partial charge in [0.2, 0.25) is 0 Å². The van der Waals surface area contributed by atoms with Crippen molar-refractivity contribution < 1.29 is 9.53 Å². The molecule has 3 N–H and O–H groups in total. The average molecular weight is 291 g/mol. The first-order chi connectivity index (χ1) is 9.98. The van der Waals surface area contributed by atoms with Gasteiger partial charge < -0.3 is 20.7 Å². The minimum Gasteiger partial charge on any atom is -0.462 e. The molecule has 116 valence electrons. The highest BCUT2D eigenvalue weighted by molar-refractivity contribution is 5.92. The summed E-state index contributed by atoms with van der Waals surface area (Å²) in [4.78, 5) is 14.1. The highest BCUT2D eigenvalue weighted by atomic mass is 16.5. The Kier molecular flexibility index (Phi) is 4.73. The number of nitrogens with one attached hydrogen (secondary N) is 1. The monoisotopic (exact) mass is 291 g/mol. The van der Waals surface area contributed by atoms with Crippen molar-refractivity contribution >= 4 is 17.3 Å². The fourth-order valence-corrected chi connectivity index (χ4v) is 2.68. The molecule has 1 fully saturated rings. The Morgan fingerprint density at radius 3 is 2.67 bits per heavy atom. The summed E-state index contributed by atoms with van der Waals surface area (Å²) in [6, 6.07) is 5.22. The van der Waals surface area contributed by atoms with Crippen molar-refractivity contribution in [1.82, 2.24) is 4.90 Å². The number of likely N-dealkylation sites (N-methyl/N-ethyl adjacent to an activating group) is 1. The summed E-state index contributed by atoms with van der Waals surface area (Å²) >= 11 is 0. The lowest BCUT2D eigenvalue weighted by Gasteiger charge is -2.47. The topological polar surface area (TPSA) is 67.6 Å². The molecule has 5 heteroatoms. The van der Waals surface area contributed by atoms with Gasteiger partial charge in [-0.05, 0) is 58.5 Å². The normalized spacial score (nSPS) is 16.4. The molecule has 0 heterocycles. The van der Waals surface area contributed by atoms with Crippen LogP contribution >= 0.6 is 0 Å². The van der Waals surface area contributed by atoms with Gasteiger partial charge in [0.1, 0.15) is 0 Å². The average Bonchev–Trinajstić information content (AvgIpc) is 2.39. The van der Waals surface area contributed by atoms with Crippen LogP contribution in [0, 0.1) is 0 Å². The van der Waals surface area contributed by atoms with E-state index in [4.69, 9.17) is 10.5 Å². The summed E-state index contributed by atoms with van der Waals surface area (Å²) in [5, 5.41) is 3.40. The molecule has 0 spiro atoms. The molecular formula is C16H25N3O2. The molecule has 5 nitrogen and oxygen atoms in total. The van der Waals surface area contributed by atoms with Crippen LogP contribution in [0.1, 0.15) is 36.5 Å². The predicted molar refractivity (Wildman–Crippen MR) is 85.6 cm³/mol. The van der Waals surface area contributed by atoms with E-state index in [2.05, 4.69) is 24.3 Å². The largest absolute Gasteiger partial charge is 0.462 e. The summed E-state index contributed by atoms with van der Waals surface area (Å²) in [5.74, 6) is -0.313. The number of nitrogens with zero attached hydrogens (tertiary/aromatic N) is 1. The molecule has 1 aliphatic carbocycles. The highest BCUT2D eigenvalue weighted by Crippen LogP contribution is 2.36. The van der Waals surface area contributed by atoms with Gasteiger partial charge in [-0.25, -0.2) is 4.79 Å². The molecule has 1 aliphatic rings. The Morgan fingerprint density at radius 2 is 2.14 bits per heavy atom. The van der Waals surface area contributed by atoms with Crippen LogP contribution < -0.4 is 11.1 Å². The number of hydrogen-bond donors (Lipinski definition) is 2. The Hall–Kier alpha value is -1.75. The van der Waals surface area contributed by atoms with E-state index < -0.39 is 0 Å². The zero-order valence-corrected chi connectivity index (χ0v) is 13.1. The molecule has 0 radical (unpaired) electrons. The third-order valence-corrected chi connectivity index (χ3v) is 4.41. The molecule has 1 aromatic rings. The van der Waals surface area contributed by atoms with Crippen LogP contribution in [0.3, 0.4) is 0 Å². The number of hydrogen-bond acceptors (Lipinski definition) is 5. The van der Waals surface area contributed by atoms with Crippen LogP contribution in [-0.2, 0) is 4.74 Å². The molecule has 0 bridgehead atoms. The Balaban J connectivity index is 2.09. The first-order valence-corrected chi connectivity index (χ1v) is 7.46. The highest BCUT2D eigenvalue weighted by Gasteiger charge is 2.38. The second kappa shape index (κ2) is 6.35. The van der Waals surface area contributed by atoms with Gasteiger partial charge in [0.15, 0.2) is 0 Å². The van der Waals surface area contributed by atoms with Crippen LogP contribution in [0.15, 0.2) is 18.2 Å². The molecule has 1 aromatic carbocycles. The number of benzene rings is 1. The summed E-state index contributed by atoms with van der Waals surface area (Å²) in [6.45, 7) is 3.00. The van der Waals surface area contributed by atoms with E-state index in [1.54, 1.807) is 25.1 Å². The first-order valence-electron chi connectivity index (χ1n) is 7.46. The third kappa shape index (κ3) is 3.29. The Labute approximate surface area is 126 Å². The number of nitrogen functional groups attached to an aromatic ring is 1. The van der Waals surface area contributed by atoms with Gasteiger partial charge in [-0.3, -0.25) is 0 Å². The fraction of sp³-hybridized carbons (Fsp3) is 0.562. The SMILES string of the molecule is CCOC(=O)c1ccc(N)c(NCC2(N(C)C)CCC2)c1. The zero-order chi connectivity index (χ0) is 15.5. The van der Waals surface area contributed by atoms with Crippen molar-refractivity contribution in [2.45, 2.75) is 31.7 Å². The van der Waals surface area contributed by atoms with Crippen LogP contribution in [0.25, 0.3) is 0 Å². The molecule has 21 heavy (non-hydrogen) atoms. The van der Waals surface area contributed by atoms with Gasteiger partial charge >= 0.3 is 5.97 Å². The van der Waals surface area contributed by atoms with Gasteiger partial charge in [0, 0.05) is 12.1 Å². The van der Waals surface area contributed by atoms with Gasteiger partial charge in [-0.1, -0.05) is 0 Å². The van der Waals surface area contributed by atoms with Crippen LogP contribution in [0.2, 0.25) is 0 Å². The molecule has 0 atom stereocenters. The van der Waals surface area contributed by atoms with E-state index in [0.29, 0.717) is 17.9 Å². The first kappa shape index (κ1) is 15.6. The van der Waals surface area contributed by atoms with E-state index in [1.807, 2.05) is 0 Å². The van der Waals surface area contributed by atoms with Gasteiger partial charge in [-0.2, -0.15) is 0 Å². The Bertz CT molecular complexity index is 510. The quantitative estimate of drug-likeness (QED) is 0.622. The summed E-state index contributed by atoms with van der Waals surface area (Å²) in [6.07, 6.45) is 3.63. The molecule has 0 aliphatic heterocycles. The van der Waals surface area contributed by atoms with Crippen molar-refractivity contribution in [3.8, 4) is 0 Å². The second-order valence-corrected chi connectivity index (χ2v) is 5.85. The van der Waals surface area contributed by atoms with Crippen molar-refractivity contribution in [3.05, 3.63) is 23.8 Å². The van der Waals surface area contributed by atoms with Crippen LogP contribution in [0.4, 0.5) is 11.4 Å². The van der Waals surface area contributed by atoms with E-state index in [0.717, 1.165) is 12.2 Å². The summed E-state index contributed by atoms with van der Waals surface area (Å²) in [5.41, 5.74) is 8.18. The van der Waals surface area contributed by atoms with Crippen molar-refractivity contribution in [2.75, 3.05) is 38.3 Å². The third-order valence-electron chi connectivity index (χ3n) is 4.41. The van der Waals surface area contributed by atoms with Gasteiger partial charge in [-0.15, -0.1) is 0 Å². The van der Waals surface area contributed by atoms with Gasteiger partial charge in [0.05, 0.1) is 23.5 Å². The number of carbonyl (C=O) groups excluding carboxylic acids is 1. The van der Waals surface area contributed by atoms with E-state index >= 15 is 0 Å². The lowest BCUT2D eigenvalue weighted by Crippen LogP contribution is -2.54. The van der Waals surface area contributed by atoms with Crippen molar-refractivity contribution in [1.29, 1.82) is 0 Å². The van der Waals surface area contributed by atoms with Crippen LogP contribution in [0.5, 0.6) is 0 Å². The smallest absolute Gasteiger partial charge is 0.338 e. The lowest BCUT2D eigenvalue weighted by molar-refractivity contribution is 0.0526. The number of rotatable bonds is 6. The summed E-state index contributed by atoms with van der Waals surface area (Å²) < 4.78 is 5.02. The zero-order valence-electron chi connectivity index (χ0n) is 13.1. The standard InChI is InChI=1S/C16H25N3O2/c1-4-21-15(20)12-6-7-13(17)14(10-12)18-11-16(19(2)3)8-5-9-16/h6-7,10,18H,4-5,8-9,11,17H2,1-3H3. The van der Waals surface area contributed by atoms with Crippen molar-refractivity contribution in [2.24, 2.45) is 0 Å². The molecular weight excluding hydrogens is 266 g/mol. The second-order valence-electron chi connectivity index (χ2n) is 5.85. The van der Waals surface area contributed by atoms with E-state index in [-0.39, 0.29) is 11.5 Å². The minimum atomic E-state index is -0.313. The molecule has 0 amide bonds. The summed E-state index contributed by atoms with van der Waals surface area (Å²) in [7, 11) is 4.22. The molecule has 1 saturated carbocycles. The lowest BCUT2D eigenvalue weighted by atomic mass is 9.75. The maximum Gasteiger partial charge on any atom is 0.338 e. The van der Waals surface area contributed by atoms with Crippen molar-refractivity contribution in [3.63, 3.8) is 0 Å². The minimum absolute atomic E-state index is 0.201. The molecule has 0 unspecified atom stereocenters. The van der Waals surface area contributed by atoms with E-state index in [9.17, 15) is 4.79 Å². The number of esters is 1. The fourth-order valence-electron chi connectivity index (χ4n) is 2.68. The maximum atomic E-state index is 11.8. The molecule has 0 aromatic heterocycles. The van der Waals surface area contributed by atoms with Gasteiger partial charge in [0.25, 0.3) is 0 Å². The maximum absolute atomic E-state index is 11.8. The number of anilines is 2. The number of nitrogens with two attached hydrogens (primary N) is 1. The van der Waals surface area contributed by atoms with Crippen LogP contribution in [-0.4, -0.2) is 43.7 Å².